The second-order valence-corrected chi connectivity index (χ2v) is 12.0. The first kappa shape index (κ1) is 20.3. The van der Waals surface area contributed by atoms with Crippen LogP contribution in [0.3, 0.4) is 0 Å². The highest BCUT2D eigenvalue weighted by Crippen LogP contribution is 2.64. The molecule has 128 valence electrons. The highest BCUT2D eigenvalue weighted by atomic mass is 32.7. The minimum atomic E-state index is -2.99. The van der Waals surface area contributed by atoms with Crippen LogP contribution >= 0.6 is 29.7 Å². The van der Waals surface area contributed by atoms with Gasteiger partial charge in [-0.25, -0.2) is 4.98 Å². The van der Waals surface area contributed by atoms with Crippen LogP contribution in [0.2, 0.25) is 0 Å². The summed E-state index contributed by atoms with van der Waals surface area (Å²) in [5.41, 5.74) is 0.582. The van der Waals surface area contributed by atoms with E-state index < -0.39 is 6.57 Å². The lowest BCUT2D eigenvalue weighted by atomic mass is 10.3. The van der Waals surface area contributed by atoms with Crippen molar-refractivity contribution < 1.29 is 13.9 Å². The van der Waals surface area contributed by atoms with Gasteiger partial charge in [0.1, 0.15) is 6.61 Å². The Labute approximate surface area is 146 Å². The van der Waals surface area contributed by atoms with Gasteiger partial charge in [0.05, 0.1) is 23.1 Å². The Bertz CT molecular complexity index is 585. The topological polar surface area (TPSA) is 68.3 Å². The van der Waals surface area contributed by atoms with Crippen molar-refractivity contribution in [3.8, 4) is 0 Å². The van der Waals surface area contributed by atoms with Crippen LogP contribution in [0.4, 0.5) is 5.69 Å². The Hall–Kier alpha value is -0.750. The Kier molecular flexibility index (Phi) is 7.87. The van der Waals surface area contributed by atoms with E-state index in [1.165, 1.54) is 23.1 Å². The largest absolute Gasteiger partial charge is 0.323 e. The van der Waals surface area contributed by atoms with Crippen molar-refractivity contribution in [1.29, 1.82) is 0 Å². The molecule has 0 fully saturated rings. The average molecular weight is 374 g/mol. The third-order valence-corrected chi connectivity index (χ3v) is 8.34. The predicted molar refractivity (Wildman–Crippen MR) is 101 cm³/mol. The summed E-state index contributed by atoms with van der Waals surface area (Å²) in [5, 5.41) is 3.55. The van der Waals surface area contributed by atoms with Crippen molar-refractivity contribution in [2.24, 2.45) is 0 Å². The molecular formula is C15H23N2O3PS2. The van der Waals surface area contributed by atoms with Gasteiger partial charge in [-0.15, -0.1) is 18.3 Å². The number of carbonyl (C=O) groups is 1. The standard InChI is InChI=1S/C15H23N2O3PS2/c1-6-9-21(19,23-15(2,3)4)20-11-13(18)17-12-7-8-14(22-5)16-10-12/h6-8,10H,1,9,11H2,2-5H3,(H,17,18). The van der Waals surface area contributed by atoms with Gasteiger partial charge in [-0.3, -0.25) is 9.36 Å². The monoisotopic (exact) mass is 374 g/mol. The van der Waals surface area contributed by atoms with E-state index in [-0.39, 0.29) is 23.4 Å². The molecule has 1 heterocycles. The van der Waals surface area contributed by atoms with Crippen molar-refractivity contribution in [3.63, 3.8) is 0 Å². The van der Waals surface area contributed by atoms with Crippen molar-refractivity contribution in [3.05, 3.63) is 31.0 Å². The van der Waals surface area contributed by atoms with Crippen molar-refractivity contribution >= 4 is 41.3 Å². The number of nitrogens with zero attached hydrogens (tertiary/aromatic N) is 1. The number of amides is 1. The van der Waals surface area contributed by atoms with Crippen LogP contribution in [0.25, 0.3) is 0 Å². The smallest absolute Gasteiger partial charge is 0.262 e. The summed E-state index contributed by atoms with van der Waals surface area (Å²) >= 11 is 2.77. The van der Waals surface area contributed by atoms with Crippen LogP contribution in [-0.4, -0.2) is 34.7 Å². The third-order valence-electron chi connectivity index (χ3n) is 2.39. The fourth-order valence-corrected chi connectivity index (χ4v) is 7.04. The normalized spacial score (nSPS) is 14.1. The van der Waals surface area contributed by atoms with Crippen molar-refractivity contribution in [2.45, 2.75) is 30.5 Å². The lowest BCUT2D eigenvalue weighted by Crippen LogP contribution is -2.18. The first-order valence-corrected chi connectivity index (χ1v) is 11.5. The number of allylic oxidation sites excluding steroid dienone is 1. The molecule has 1 aromatic rings. The molecule has 1 unspecified atom stereocenters. The first-order valence-electron chi connectivity index (χ1n) is 7.02. The fraction of sp³-hybridized carbons (Fsp3) is 0.467. The van der Waals surface area contributed by atoms with E-state index in [2.05, 4.69) is 16.9 Å². The zero-order chi connectivity index (χ0) is 17.5. The molecule has 1 atom stereocenters. The summed E-state index contributed by atoms with van der Waals surface area (Å²) in [6, 6.07) is 3.59. The SMILES string of the molecule is C=CCP(=O)(OCC(=O)Nc1ccc(SC)nc1)SC(C)(C)C. The fourth-order valence-electron chi connectivity index (χ4n) is 1.62. The Morgan fingerprint density at radius 2 is 2.17 bits per heavy atom. The van der Waals surface area contributed by atoms with Gasteiger partial charge < -0.3 is 9.84 Å². The van der Waals surface area contributed by atoms with Gasteiger partial charge in [0.25, 0.3) is 12.5 Å². The van der Waals surface area contributed by atoms with E-state index in [0.29, 0.717) is 5.69 Å². The molecule has 1 aromatic heterocycles. The van der Waals surface area contributed by atoms with E-state index >= 15 is 0 Å². The number of hydrogen-bond donors (Lipinski definition) is 1. The Morgan fingerprint density at radius 3 is 2.65 bits per heavy atom. The third kappa shape index (κ3) is 8.06. The maximum Gasteiger partial charge on any atom is 0.262 e. The summed E-state index contributed by atoms with van der Waals surface area (Å²) in [7, 11) is 0. The van der Waals surface area contributed by atoms with E-state index in [4.69, 9.17) is 4.52 Å². The number of hydrogen-bond acceptors (Lipinski definition) is 6. The zero-order valence-corrected chi connectivity index (χ0v) is 16.4. The Balaban J connectivity index is 2.60. The summed E-state index contributed by atoms with van der Waals surface area (Å²) in [6.45, 7) is 6.21. The van der Waals surface area contributed by atoms with Crippen LogP contribution in [0.15, 0.2) is 36.0 Å². The summed E-state index contributed by atoms with van der Waals surface area (Å²) in [4.78, 5) is 16.1. The van der Waals surface area contributed by atoms with E-state index in [1.54, 1.807) is 18.3 Å². The van der Waals surface area contributed by atoms with Gasteiger partial charge in [-0.05, 0) is 18.4 Å². The number of aromatic nitrogens is 1. The lowest BCUT2D eigenvalue weighted by Gasteiger charge is -2.24. The van der Waals surface area contributed by atoms with Crippen molar-refractivity contribution in [1.82, 2.24) is 4.98 Å². The number of nitrogens with one attached hydrogen (secondary N) is 1. The molecule has 0 aliphatic heterocycles. The van der Waals surface area contributed by atoms with Crippen LogP contribution < -0.4 is 5.32 Å². The summed E-state index contributed by atoms with van der Waals surface area (Å²) in [6.07, 6.45) is 5.30. The molecule has 5 nitrogen and oxygen atoms in total. The van der Waals surface area contributed by atoms with Gasteiger partial charge in [0, 0.05) is 4.75 Å². The quantitative estimate of drug-likeness (QED) is 0.405. The molecule has 0 radical (unpaired) electrons. The first-order chi connectivity index (χ1) is 10.7. The molecule has 0 aliphatic carbocycles. The number of carbonyl (C=O) groups excluding carboxylic acids is 1. The van der Waals surface area contributed by atoms with E-state index in [9.17, 15) is 9.36 Å². The molecular weight excluding hydrogens is 351 g/mol. The van der Waals surface area contributed by atoms with Crippen molar-refractivity contribution in [2.75, 3.05) is 24.3 Å². The second-order valence-electron chi connectivity index (χ2n) is 5.70. The van der Waals surface area contributed by atoms with E-state index in [1.807, 2.05) is 33.1 Å². The maximum absolute atomic E-state index is 12.7. The number of rotatable bonds is 8. The van der Waals surface area contributed by atoms with Crippen LogP contribution in [0, 0.1) is 0 Å². The molecule has 0 saturated heterocycles. The van der Waals surface area contributed by atoms with Crippen LogP contribution in [0.5, 0.6) is 0 Å². The zero-order valence-electron chi connectivity index (χ0n) is 13.9. The molecule has 1 N–H and O–H groups in total. The maximum atomic E-state index is 12.7. The highest BCUT2D eigenvalue weighted by molar-refractivity contribution is 8.57. The summed E-state index contributed by atoms with van der Waals surface area (Å²) < 4.78 is 17.9. The number of anilines is 1. The summed E-state index contributed by atoms with van der Waals surface area (Å²) in [5.74, 6) is -0.359. The molecule has 0 bridgehead atoms. The molecule has 1 rings (SSSR count). The van der Waals surface area contributed by atoms with E-state index in [0.717, 1.165) is 5.03 Å². The molecule has 0 aromatic carbocycles. The molecule has 8 heteroatoms. The second kappa shape index (κ2) is 8.92. The van der Waals surface area contributed by atoms with Crippen LogP contribution in [-0.2, 0) is 13.9 Å². The highest BCUT2D eigenvalue weighted by Gasteiger charge is 2.30. The molecule has 0 saturated carbocycles. The van der Waals surface area contributed by atoms with Gasteiger partial charge in [0.2, 0.25) is 0 Å². The predicted octanol–water partition coefficient (Wildman–Crippen LogP) is 4.67. The molecule has 0 aliphatic rings. The molecule has 0 spiro atoms. The number of thioether (sulfide) groups is 1. The van der Waals surface area contributed by atoms with Crippen LogP contribution in [0.1, 0.15) is 20.8 Å². The Morgan fingerprint density at radius 1 is 1.48 bits per heavy atom. The molecule has 23 heavy (non-hydrogen) atoms. The minimum Gasteiger partial charge on any atom is -0.323 e. The molecule has 1 amide bonds. The lowest BCUT2D eigenvalue weighted by molar-refractivity contribution is -0.118. The van der Waals surface area contributed by atoms with Gasteiger partial charge in [-0.1, -0.05) is 38.2 Å². The van der Waals surface area contributed by atoms with Gasteiger partial charge in [0.15, 0.2) is 0 Å². The average Bonchev–Trinajstić information content (AvgIpc) is 2.44. The number of pyridine rings is 1. The van der Waals surface area contributed by atoms with Gasteiger partial charge in [-0.2, -0.15) is 0 Å². The minimum absolute atomic E-state index is 0.228. The van der Waals surface area contributed by atoms with Gasteiger partial charge >= 0.3 is 0 Å².